The summed E-state index contributed by atoms with van der Waals surface area (Å²) in [4.78, 5) is 69.4. The topological polar surface area (TPSA) is 193 Å². The number of Topliss-reactive ketones (excluding diaryl/α,β-unsaturated/α-hetero) is 1. The number of halogens is 2. The van der Waals surface area contributed by atoms with E-state index in [-0.39, 0.29) is 56.7 Å². The monoisotopic (exact) mass is 869 g/mol. The number of fused-ring (bicyclic) bond motifs is 8. The van der Waals surface area contributed by atoms with Crippen molar-refractivity contribution in [2.75, 3.05) is 25.1 Å². The smallest absolute Gasteiger partial charge is 0.306 e. The van der Waals surface area contributed by atoms with Gasteiger partial charge in [0.05, 0.1) is 37.6 Å². The molecule has 0 bridgehead atoms. The van der Waals surface area contributed by atoms with Crippen LogP contribution in [0, 0.1) is 22.7 Å². The second kappa shape index (κ2) is 16.4. The van der Waals surface area contributed by atoms with Crippen molar-refractivity contribution in [3.8, 4) is 0 Å². The summed E-state index contributed by atoms with van der Waals surface area (Å²) in [7, 11) is 0. The number of rotatable bonds is 13. The van der Waals surface area contributed by atoms with Crippen molar-refractivity contribution in [3.63, 3.8) is 0 Å². The summed E-state index contributed by atoms with van der Waals surface area (Å²) in [5.74, 6) is -6.42. The predicted molar refractivity (Wildman–Crippen MR) is 225 cm³/mol. The van der Waals surface area contributed by atoms with Crippen molar-refractivity contribution in [2.45, 2.75) is 108 Å². The predicted octanol–water partition coefficient (Wildman–Crippen LogP) is 5.71. The van der Waals surface area contributed by atoms with Gasteiger partial charge in [0.1, 0.15) is 6.17 Å². The molecule has 1 aliphatic heterocycles. The first kappa shape index (κ1) is 44.4. The molecule has 63 heavy (non-hydrogen) atoms. The average Bonchev–Trinajstić information content (AvgIpc) is 3.66. The maximum atomic E-state index is 17.7. The minimum Gasteiger partial charge on any atom is -0.465 e. The van der Waals surface area contributed by atoms with Gasteiger partial charge in [0, 0.05) is 53.2 Å². The Kier molecular flexibility index (Phi) is 11.6. The van der Waals surface area contributed by atoms with Crippen LogP contribution >= 0.6 is 0 Å². The van der Waals surface area contributed by atoms with Crippen LogP contribution in [0.1, 0.15) is 76.8 Å². The first-order valence-corrected chi connectivity index (χ1v) is 21.5. The van der Waals surface area contributed by atoms with Crippen molar-refractivity contribution in [1.82, 2.24) is 4.98 Å². The van der Waals surface area contributed by atoms with E-state index in [0.29, 0.717) is 12.1 Å². The van der Waals surface area contributed by atoms with Crippen LogP contribution in [0.15, 0.2) is 84.7 Å². The zero-order chi connectivity index (χ0) is 45.1. The number of aromatic nitrogens is 1. The van der Waals surface area contributed by atoms with E-state index in [1.165, 1.54) is 19.1 Å². The van der Waals surface area contributed by atoms with Crippen molar-refractivity contribution in [2.24, 2.45) is 28.4 Å². The number of carbonyl (C=O) groups excluding carboxylic acids is 5. The van der Waals surface area contributed by atoms with Gasteiger partial charge in [-0.15, -0.1) is 0 Å². The van der Waals surface area contributed by atoms with Crippen molar-refractivity contribution >= 4 is 45.9 Å². The van der Waals surface area contributed by atoms with Crippen LogP contribution in [-0.2, 0) is 49.3 Å². The molecule has 0 spiro atoms. The lowest BCUT2D eigenvalue weighted by Gasteiger charge is -2.63. The molecule has 1 unspecified atom stereocenters. The Morgan fingerprint density at radius 2 is 1.71 bits per heavy atom. The number of nitrogens with two attached hydrogens (primary N) is 1. The third-order valence-corrected chi connectivity index (χ3v) is 14.4. The third kappa shape index (κ3) is 7.49. The number of ketones is 2. The molecule has 3 aromatic rings. The second-order valence-corrected chi connectivity index (χ2v) is 18.5. The molecule has 1 saturated heterocycles. The Hall–Kier alpha value is -5.22. The standard InChI is InChI=1S/C48H53F2N3O10/c1-44(2)62-40-22-34-35-21-37(49)36-20-32(54)13-16-45(36,3)47(35,50)38(55)23-46(34,4)48(40,63-44)39(56)26-61-42(58)12-11-41(57)60-18-15-27-5-7-28(8-6-27)33(24-51)43(59)53-31-10-9-30-25-52-17-14-29(30)19-31/h5-10,13-14,16-17,19-20,25,33-35,37-38,40,55H,11-12,15,18,21-24,26,51H2,1-4H3,(H,53,59)/t33?,34-,35-,37-,38-,40+,45-,46-,47-,48+/m0/s1. The molecule has 13 nitrogen and oxygen atoms in total. The number of alkyl halides is 2. The van der Waals surface area contributed by atoms with Gasteiger partial charge in [0.15, 0.2) is 29.4 Å². The lowest BCUT2D eigenvalue weighted by atomic mass is 9.44. The summed E-state index contributed by atoms with van der Waals surface area (Å²) in [6, 6.07) is 14.7. The molecule has 4 fully saturated rings. The molecule has 2 heterocycles. The molecule has 4 N–H and O–H groups in total. The number of nitrogens with zero attached hydrogens (tertiary/aromatic N) is 1. The number of hydrogen-bond acceptors (Lipinski definition) is 12. The molecule has 334 valence electrons. The fraction of sp³-hybridized carbons (Fsp3) is 0.500. The molecule has 5 aliphatic rings. The zero-order valence-corrected chi connectivity index (χ0v) is 35.7. The number of pyridine rings is 1. The summed E-state index contributed by atoms with van der Waals surface area (Å²) < 4.78 is 57.1. The summed E-state index contributed by atoms with van der Waals surface area (Å²) in [5.41, 5.74) is 1.22. The largest absolute Gasteiger partial charge is 0.465 e. The minimum atomic E-state index is -2.36. The first-order valence-electron chi connectivity index (χ1n) is 21.5. The van der Waals surface area contributed by atoms with Crippen LogP contribution in [0.4, 0.5) is 14.5 Å². The van der Waals surface area contributed by atoms with Gasteiger partial charge in [0.25, 0.3) is 0 Å². The van der Waals surface area contributed by atoms with Crippen molar-refractivity contribution in [3.05, 3.63) is 95.9 Å². The van der Waals surface area contributed by atoms with Crippen LogP contribution in [0.3, 0.4) is 0 Å². The highest BCUT2D eigenvalue weighted by Gasteiger charge is 2.80. The molecule has 8 rings (SSSR count). The number of anilines is 1. The van der Waals surface area contributed by atoms with E-state index in [1.54, 1.807) is 45.3 Å². The summed E-state index contributed by atoms with van der Waals surface area (Å²) >= 11 is 0. The molecule has 1 amide bonds. The SMILES string of the molecule is CC1(C)O[C@@H]2C[C@H]3[C@@H]4C[C@H](F)C5=CC(=O)C=C[C@]5(C)[C@@]4(F)[C@@H](O)C[C@]3(C)[C@]2(C(=O)COC(=O)CCC(=O)OCCc2ccc(C(CN)C(=O)Nc3ccc4cnccc4c3)cc2)O1. The van der Waals surface area contributed by atoms with Gasteiger partial charge in [0.2, 0.25) is 11.7 Å². The van der Waals surface area contributed by atoms with Gasteiger partial charge < -0.3 is 35.1 Å². The number of aliphatic hydroxyl groups excluding tert-OH is 1. The number of ether oxygens (including phenoxy) is 4. The summed E-state index contributed by atoms with van der Waals surface area (Å²) in [6.45, 7) is 5.88. The van der Waals surface area contributed by atoms with Gasteiger partial charge in [-0.1, -0.05) is 43.3 Å². The van der Waals surface area contributed by atoms with E-state index >= 15 is 8.78 Å². The second-order valence-electron chi connectivity index (χ2n) is 18.5. The Labute approximate surface area is 363 Å². The maximum absolute atomic E-state index is 17.7. The van der Waals surface area contributed by atoms with Crippen molar-refractivity contribution < 1.29 is 56.8 Å². The van der Waals surface area contributed by atoms with E-state index < -0.39 is 94.1 Å². The quantitative estimate of drug-likeness (QED) is 0.178. The van der Waals surface area contributed by atoms with Gasteiger partial charge in [-0.25, -0.2) is 8.78 Å². The van der Waals surface area contributed by atoms with E-state index in [0.717, 1.165) is 28.0 Å². The zero-order valence-electron chi connectivity index (χ0n) is 35.7. The molecular weight excluding hydrogens is 817 g/mol. The Bertz CT molecular complexity index is 2410. The Balaban J connectivity index is 0.836. The molecule has 10 atom stereocenters. The fourth-order valence-electron chi connectivity index (χ4n) is 11.4. The number of aliphatic hydroxyl groups is 1. The third-order valence-electron chi connectivity index (χ3n) is 14.4. The highest BCUT2D eigenvalue weighted by atomic mass is 19.1. The van der Waals surface area contributed by atoms with Gasteiger partial charge in [-0.05, 0) is 98.4 Å². The van der Waals surface area contributed by atoms with E-state index in [2.05, 4.69) is 10.3 Å². The normalized spacial score (nSPS) is 33.0. The van der Waals surface area contributed by atoms with Gasteiger partial charge >= 0.3 is 11.9 Å². The van der Waals surface area contributed by atoms with E-state index in [1.807, 2.05) is 36.4 Å². The number of hydrogen-bond donors (Lipinski definition) is 3. The van der Waals surface area contributed by atoms with Crippen LogP contribution in [0.5, 0.6) is 0 Å². The molecular formula is C48H53F2N3O10. The highest BCUT2D eigenvalue weighted by molar-refractivity contribution is 6.01. The molecule has 0 radical (unpaired) electrons. The Morgan fingerprint density at radius 1 is 0.984 bits per heavy atom. The van der Waals surface area contributed by atoms with Crippen LogP contribution in [0.2, 0.25) is 0 Å². The average molecular weight is 870 g/mol. The lowest BCUT2D eigenvalue weighted by molar-refractivity contribution is -0.249. The van der Waals surface area contributed by atoms with Crippen LogP contribution < -0.4 is 11.1 Å². The van der Waals surface area contributed by atoms with Gasteiger partial charge in [-0.3, -0.25) is 29.0 Å². The summed E-state index contributed by atoms with van der Waals surface area (Å²) in [5, 5.41) is 16.6. The molecule has 15 heteroatoms. The first-order chi connectivity index (χ1) is 29.8. The number of amides is 1. The van der Waals surface area contributed by atoms with E-state index in [4.69, 9.17) is 24.7 Å². The van der Waals surface area contributed by atoms with Crippen LogP contribution in [0.25, 0.3) is 10.8 Å². The number of allylic oxidation sites excluding steroid dienone is 4. The molecule has 3 saturated carbocycles. The number of benzene rings is 2. The minimum absolute atomic E-state index is 0.00695. The number of nitrogens with one attached hydrogen (secondary N) is 1. The molecule has 1 aromatic heterocycles. The maximum Gasteiger partial charge on any atom is 0.306 e. The molecule has 4 aliphatic carbocycles. The van der Waals surface area contributed by atoms with E-state index in [9.17, 15) is 29.1 Å². The lowest BCUT2D eigenvalue weighted by Crippen LogP contribution is -2.71. The number of esters is 2. The highest BCUT2D eigenvalue weighted by Crippen LogP contribution is 2.72. The fourth-order valence-corrected chi connectivity index (χ4v) is 11.4. The van der Waals surface area contributed by atoms with Crippen LogP contribution in [-0.4, -0.2) is 94.7 Å². The Morgan fingerprint density at radius 3 is 2.44 bits per heavy atom. The number of carbonyl (C=O) groups is 5. The van der Waals surface area contributed by atoms with Gasteiger partial charge in [-0.2, -0.15) is 0 Å². The van der Waals surface area contributed by atoms with Crippen molar-refractivity contribution in [1.29, 1.82) is 0 Å². The molecule has 2 aromatic carbocycles. The summed E-state index contributed by atoms with van der Waals surface area (Å²) in [6.07, 6.45) is 2.14.